The summed E-state index contributed by atoms with van der Waals surface area (Å²) < 4.78 is 2.12. The molecule has 3 rings (SSSR count). The van der Waals surface area contributed by atoms with E-state index in [1.165, 1.54) is 38.0 Å². The fraction of sp³-hybridized carbons (Fsp3) is 0.467. The molecule has 0 radical (unpaired) electrons. The van der Waals surface area contributed by atoms with E-state index in [1.54, 1.807) is 6.07 Å². The number of para-hydroxylation sites is 1. The van der Waals surface area contributed by atoms with E-state index in [1.807, 2.05) is 13.1 Å². The highest BCUT2D eigenvalue weighted by Gasteiger charge is 2.14. The first-order valence-electron chi connectivity index (χ1n) is 6.74. The number of fused-ring (bicyclic) bond motifs is 1. The number of piperidine rings is 1. The highest BCUT2D eigenvalue weighted by molar-refractivity contribution is 5.86. The van der Waals surface area contributed by atoms with Crippen LogP contribution in [0.15, 0.2) is 24.3 Å². The van der Waals surface area contributed by atoms with Gasteiger partial charge in [-0.25, -0.2) is 0 Å². The average Bonchev–Trinajstić information content (AvgIpc) is 2.69. The van der Waals surface area contributed by atoms with E-state index in [4.69, 9.17) is 0 Å². The van der Waals surface area contributed by atoms with Crippen LogP contribution in [0.5, 0.6) is 5.75 Å². The third-order valence-electron chi connectivity index (χ3n) is 3.97. The minimum Gasteiger partial charge on any atom is -0.506 e. The third-order valence-corrected chi connectivity index (χ3v) is 3.97. The standard InChI is InChI=1S/C15H20N2O/c1-16-13(11-17-8-3-2-4-9-17)10-12-6-5-7-14(18)15(12)16/h5-7,10,18H,2-4,8-9,11H2,1H3. The number of phenolic OH excluding ortho intramolecular Hbond substituents is 1. The minimum absolute atomic E-state index is 0.375. The van der Waals surface area contributed by atoms with Crippen molar-refractivity contribution in [3.05, 3.63) is 30.0 Å². The van der Waals surface area contributed by atoms with Gasteiger partial charge in [-0.15, -0.1) is 0 Å². The number of benzene rings is 1. The van der Waals surface area contributed by atoms with Gasteiger partial charge in [-0.2, -0.15) is 0 Å². The Morgan fingerprint density at radius 3 is 2.67 bits per heavy atom. The predicted molar refractivity (Wildman–Crippen MR) is 73.7 cm³/mol. The quantitative estimate of drug-likeness (QED) is 0.880. The maximum absolute atomic E-state index is 9.94. The number of aryl methyl sites for hydroxylation is 1. The van der Waals surface area contributed by atoms with Crippen LogP contribution in [0.3, 0.4) is 0 Å². The zero-order valence-electron chi connectivity index (χ0n) is 10.9. The summed E-state index contributed by atoms with van der Waals surface area (Å²) in [7, 11) is 2.04. The molecule has 2 heterocycles. The first kappa shape index (κ1) is 11.6. The molecule has 0 aliphatic carbocycles. The normalized spacial score (nSPS) is 17.4. The molecule has 0 saturated carbocycles. The van der Waals surface area contributed by atoms with E-state index in [-0.39, 0.29) is 0 Å². The zero-order chi connectivity index (χ0) is 12.5. The van der Waals surface area contributed by atoms with Crippen molar-refractivity contribution in [2.45, 2.75) is 25.8 Å². The Morgan fingerprint density at radius 1 is 1.17 bits per heavy atom. The van der Waals surface area contributed by atoms with Crippen LogP contribution >= 0.6 is 0 Å². The molecule has 0 atom stereocenters. The van der Waals surface area contributed by atoms with Crippen molar-refractivity contribution < 1.29 is 5.11 Å². The Kier molecular flexibility index (Phi) is 3.00. The Balaban J connectivity index is 1.92. The molecule has 1 fully saturated rings. The maximum atomic E-state index is 9.94. The van der Waals surface area contributed by atoms with Gasteiger partial charge in [-0.3, -0.25) is 4.90 Å². The first-order valence-corrected chi connectivity index (χ1v) is 6.74. The molecular weight excluding hydrogens is 224 g/mol. The molecule has 0 amide bonds. The molecule has 1 N–H and O–H groups in total. The molecule has 1 aliphatic heterocycles. The van der Waals surface area contributed by atoms with E-state index >= 15 is 0 Å². The Hall–Kier alpha value is -1.48. The number of hydrogen-bond donors (Lipinski definition) is 1. The number of hydrogen-bond acceptors (Lipinski definition) is 2. The lowest BCUT2D eigenvalue weighted by atomic mass is 10.1. The van der Waals surface area contributed by atoms with Crippen molar-refractivity contribution >= 4 is 10.9 Å². The summed E-state index contributed by atoms with van der Waals surface area (Å²) in [6.07, 6.45) is 4.00. The summed E-state index contributed by atoms with van der Waals surface area (Å²) in [5.41, 5.74) is 2.23. The summed E-state index contributed by atoms with van der Waals surface area (Å²) in [4.78, 5) is 2.51. The molecule has 3 nitrogen and oxygen atoms in total. The number of rotatable bonds is 2. The van der Waals surface area contributed by atoms with Gasteiger partial charge in [0.1, 0.15) is 5.75 Å². The average molecular weight is 244 g/mol. The summed E-state index contributed by atoms with van der Waals surface area (Å²) in [5, 5.41) is 11.1. The van der Waals surface area contributed by atoms with E-state index in [0.717, 1.165) is 17.4 Å². The van der Waals surface area contributed by atoms with Gasteiger partial charge in [0, 0.05) is 24.7 Å². The van der Waals surface area contributed by atoms with E-state index in [0.29, 0.717) is 5.75 Å². The molecule has 0 unspecified atom stereocenters. The molecule has 18 heavy (non-hydrogen) atoms. The van der Waals surface area contributed by atoms with Crippen LogP contribution in [-0.2, 0) is 13.6 Å². The fourth-order valence-electron chi connectivity index (χ4n) is 2.95. The van der Waals surface area contributed by atoms with Gasteiger partial charge in [0.05, 0.1) is 5.52 Å². The van der Waals surface area contributed by atoms with Crippen molar-refractivity contribution in [2.24, 2.45) is 7.05 Å². The van der Waals surface area contributed by atoms with Gasteiger partial charge in [-0.1, -0.05) is 18.6 Å². The topological polar surface area (TPSA) is 28.4 Å². The predicted octanol–water partition coefficient (Wildman–Crippen LogP) is 2.87. The molecule has 0 spiro atoms. The summed E-state index contributed by atoms with van der Waals surface area (Å²) in [6, 6.07) is 7.92. The molecule has 0 bridgehead atoms. The van der Waals surface area contributed by atoms with Gasteiger partial charge >= 0.3 is 0 Å². The molecule has 1 aliphatic rings. The number of aromatic hydroxyl groups is 1. The SMILES string of the molecule is Cn1c(CN2CCCCC2)cc2cccc(O)c21. The van der Waals surface area contributed by atoms with E-state index in [9.17, 15) is 5.11 Å². The summed E-state index contributed by atoms with van der Waals surface area (Å²) in [6.45, 7) is 3.39. The fourth-order valence-corrected chi connectivity index (χ4v) is 2.95. The van der Waals surface area contributed by atoms with E-state index < -0.39 is 0 Å². The van der Waals surface area contributed by atoms with Crippen molar-refractivity contribution in [2.75, 3.05) is 13.1 Å². The van der Waals surface area contributed by atoms with Crippen LogP contribution in [0.25, 0.3) is 10.9 Å². The van der Waals surface area contributed by atoms with E-state index in [2.05, 4.69) is 21.6 Å². The van der Waals surface area contributed by atoms with Crippen LogP contribution in [-0.4, -0.2) is 27.7 Å². The zero-order valence-corrected chi connectivity index (χ0v) is 10.9. The molecule has 3 heteroatoms. The lowest BCUT2D eigenvalue weighted by Gasteiger charge is -2.26. The third kappa shape index (κ3) is 1.99. The van der Waals surface area contributed by atoms with Crippen LogP contribution in [0.1, 0.15) is 25.0 Å². The largest absolute Gasteiger partial charge is 0.506 e. The molecule has 1 aromatic carbocycles. The maximum Gasteiger partial charge on any atom is 0.139 e. The number of nitrogens with zero attached hydrogens (tertiary/aromatic N) is 2. The van der Waals surface area contributed by atoms with Crippen molar-refractivity contribution in [1.29, 1.82) is 0 Å². The van der Waals surface area contributed by atoms with Gasteiger partial charge in [-0.05, 0) is 38.1 Å². The molecule has 2 aromatic rings. The van der Waals surface area contributed by atoms with Gasteiger partial charge in [0.25, 0.3) is 0 Å². The molecule has 96 valence electrons. The number of phenols is 1. The van der Waals surface area contributed by atoms with Gasteiger partial charge < -0.3 is 9.67 Å². The lowest BCUT2D eigenvalue weighted by molar-refractivity contribution is 0.217. The van der Waals surface area contributed by atoms with Crippen LogP contribution < -0.4 is 0 Å². The minimum atomic E-state index is 0.375. The highest BCUT2D eigenvalue weighted by Crippen LogP contribution is 2.27. The second-order valence-corrected chi connectivity index (χ2v) is 5.25. The second kappa shape index (κ2) is 4.65. The Bertz CT molecular complexity index is 553. The van der Waals surface area contributed by atoms with Crippen LogP contribution in [0.4, 0.5) is 0 Å². The Morgan fingerprint density at radius 2 is 1.94 bits per heavy atom. The molecule has 1 saturated heterocycles. The second-order valence-electron chi connectivity index (χ2n) is 5.25. The lowest BCUT2D eigenvalue weighted by Crippen LogP contribution is -2.29. The van der Waals surface area contributed by atoms with Crippen LogP contribution in [0, 0.1) is 0 Å². The summed E-state index contributed by atoms with van der Waals surface area (Å²) >= 11 is 0. The number of likely N-dealkylation sites (tertiary alicyclic amines) is 1. The van der Waals surface area contributed by atoms with Crippen LogP contribution in [0.2, 0.25) is 0 Å². The Labute approximate surface area is 108 Å². The first-order chi connectivity index (χ1) is 8.75. The molecule has 1 aromatic heterocycles. The molecular formula is C15H20N2O. The van der Waals surface area contributed by atoms with Crippen molar-refractivity contribution in [3.8, 4) is 5.75 Å². The smallest absolute Gasteiger partial charge is 0.139 e. The van der Waals surface area contributed by atoms with Crippen molar-refractivity contribution in [1.82, 2.24) is 9.47 Å². The monoisotopic (exact) mass is 244 g/mol. The summed E-state index contributed by atoms with van der Waals surface area (Å²) in [5.74, 6) is 0.375. The number of aromatic nitrogens is 1. The van der Waals surface area contributed by atoms with Gasteiger partial charge in [0.15, 0.2) is 0 Å². The van der Waals surface area contributed by atoms with Gasteiger partial charge in [0.2, 0.25) is 0 Å². The highest BCUT2D eigenvalue weighted by atomic mass is 16.3. The van der Waals surface area contributed by atoms with Crippen molar-refractivity contribution in [3.63, 3.8) is 0 Å².